The molecule has 2 aliphatic rings. The maximum Gasteiger partial charge on any atom is 0.573 e. The van der Waals surface area contributed by atoms with Crippen LogP contribution in [0.2, 0.25) is 0 Å². The summed E-state index contributed by atoms with van der Waals surface area (Å²) in [6, 6.07) is 11.8. The minimum absolute atomic E-state index is 0.0321. The Morgan fingerprint density at radius 2 is 1.88 bits per heavy atom. The molecule has 3 aromatic rings. The number of amides is 1. The number of anilines is 1. The molecule has 0 bridgehead atoms. The van der Waals surface area contributed by atoms with E-state index < -0.39 is 23.9 Å². The van der Waals surface area contributed by atoms with Gasteiger partial charge in [-0.25, -0.2) is 4.99 Å². The number of ketones is 1. The third-order valence-corrected chi connectivity index (χ3v) is 5.74. The lowest BCUT2D eigenvalue weighted by Crippen LogP contribution is -2.48. The van der Waals surface area contributed by atoms with Gasteiger partial charge in [0, 0.05) is 41.1 Å². The first-order chi connectivity index (χ1) is 16.3. The van der Waals surface area contributed by atoms with E-state index in [1.165, 1.54) is 12.1 Å². The van der Waals surface area contributed by atoms with Crippen LogP contribution in [0.25, 0.3) is 0 Å². The first kappa shape index (κ1) is 21.8. The molecule has 1 saturated heterocycles. The fraction of sp³-hybridized carbons (Fsp3) is 0.217. The molecular formula is C23H18F3N5O3. The molecule has 11 heteroatoms. The monoisotopic (exact) mass is 469 g/mol. The number of aromatic nitrogens is 2. The molecule has 2 atom stereocenters. The van der Waals surface area contributed by atoms with Gasteiger partial charge in [0.25, 0.3) is 5.91 Å². The second kappa shape index (κ2) is 8.41. The molecule has 3 heterocycles. The molecule has 2 aliphatic heterocycles. The van der Waals surface area contributed by atoms with Crippen LogP contribution in [0.15, 0.2) is 59.7 Å². The van der Waals surface area contributed by atoms with Crippen LogP contribution in [0.5, 0.6) is 5.75 Å². The number of hydrogen-bond donors (Lipinski definition) is 3. The van der Waals surface area contributed by atoms with Crippen molar-refractivity contribution < 1.29 is 27.5 Å². The van der Waals surface area contributed by atoms with E-state index in [2.05, 4.69) is 30.6 Å². The largest absolute Gasteiger partial charge is 0.573 e. The number of hydrogen-bond acceptors (Lipinski definition) is 6. The van der Waals surface area contributed by atoms with Gasteiger partial charge in [-0.15, -0.1) is 13.2 Å². The summed E-state index contributed by atoms with van der Waals surface area (Å²) in [5.74, 6) is -0.992. The van der Waals surface area contributed by atoms with Gasteiger partial charge in [0.1, 0.15) is 5.75 Å². The number of carbonyl (C=O) groups excluding carboxylic acids is 2. The van der Waals surface area contributed by atoms with Crippen molar-refractivity contribution in [1.29, 1.82) is 0 Å². The van der Waals surface area contributed by atoms with Crippen molar-refractivity contribution in [3.8, 4) is 5.75 Å². The fourth-order valence-electron chi connectivity index (χ4n) is 4.32. The number of nitrogens with zero attached hydrogens (tertiary/aromatic N) is 2. The molecule has 2 unspecified atom stereocenters. The Morgan fingerprint density at radius 1 is 1.09 bits per heavy atom. The normalized spacial score (nSPS) is 19.6. The van der Waals surface area contributed by atoms with Crippen LogP contribution in [-0.2, 0) is 4.79 Å². The summed E-state index contributed by atoms with van der Waals surface area (Å²) < 4.78 is 41.2. The maximum absolute atomic E-state index is 12.7. The predicted molar refractivity (Wildman–Crippen MR) is 116 cm³/mol. The van der Waals surface area contributed by atoms with Crippen molar-refractivity contribution in [3.63, 3.8) is 0 Å². The molecule has 1 aromatic heterocycles. The van der Waals surface area contributed by atoms with Crippen molar-refractivity contribution in [2.45, 2.75) is 12.3 Å². The highest BCUT2D eigenvalue weighted by Crippen LogP contribution is 2.42. The van der Waals surface area contributed by atoms with Crippen LogP contribution in [0.4, 0.5) is 24.7 Å². The quantitative estimate of drug-likeness (QED) is 0.542. The van der Waals surface area contributed by atoms with Gasteiger partial charge in [-0.05, 0) is 29.8 Å². The van der Waals surface area contributed by atoms with E-state index in [1.54, 1.807) is 30.5 Å². The lowest BCUT2D eigenvalue weighted by molar-refractivity contribution is -0.274. The van der Waals surface area contributed by atoms with Gasteiger partial charge in [-0.3, -0.25) is 14.7 Å². The lowest BCUT2D eigenvalue weighted by Gasteiger charge is -2.34. The van der Waals surface area contributed by atoms with Crippen LogP contribution in [0.3, 0.4) is 0 Å². The zero-order chi connectivity index (χ0) is 23.9. The van der Waals surface area contributed by atoms with Gasteiger partial charge in [0.15, 0.2) is 11.6 Å². The van der Waals surface area contributed by atoms with Crippen LogP contribution in [0, 0.1) is 5.92 Å². The number of alkyl halides is 3. The van der Waals surface area contributed by atoms with Crippen molar-refractivity contribution in [2.24, 2.45) is 10.9 Å². The number of halogens is 3. The Labute approximate surface area is 191 Å². The van der Waals surface area contributed by atoms with E-state index in [4.69, 9.17) is 0 Å². The molecular weight excluding hydrogens is 451 g/mol. The minimum atomic E-state index is -4.83. The lowest BCUT2D eigenvalue weighted by atomic mass is 9.73. The summed E-state index contributed by atoms with van der Waals surface area (Å²) in [7, 11) is 0. The number of benzene rings is 2. The summed E-state index contributed by atoms with van der Waals surface area (Å²) in [5, 5.41) is 12.6. The molecule has 5 rings (SSSR count). The van der Waals surface area contributed by atoms with Gasteiger partial charge >= 0.3 is 6.36 Å². The van der Waals surface area contributed by atoms with Gasteiger partial charge in [-0.1, -0.05) is 18.2 Å². The molecule has 2 aromatic carbocycles. The Bertz CT molecular complexity index is 1280. The minimum Gasteiger partial charge on any atom is -0.406 e. The predicted octanol–water partition coefficient (Wildman–Crippen LogP) is 3.57. The first-order valence-corrected chi connectivity index (χ1v) is 10.4. The van der Waals surface area contributed by atoms with Crippen LogP contribution < -0.4 is 15.4 Å². The van der Waals surface area contributed by atoms with Gasteiger partial charge in [-0.2, -0.15) is 5.10 Å². The third-order valence-electron chi connectivity index (χ3n) is 5.74. The average Bonchev–Trinajstić information content (AvgIpc) is 3.25. The average molecular weight is 469 g/mol. The Hall–Kier alpha value is -3.99. The highest BCUT2D eigenvalue weighted by atomic mass is 19.4. The number of H-pyrrole nitrogens is 1. The van der Waals surface area contributed by atoms with Gasteiger partial charge in [0.2, 0.25) is 0 Å². The van der Waals surface area contributed by atoms with Crippen molar-refractivity contribution in [1.82, 2.24) is 15.5 Å². The van der Waals surface area contributed by atoms with Gasteiger partial charge < -0.3 is 15.4 Å². The molecule has 1 amide bonds. The molecule has 8 nitrogen and oxygen atoms in total. The third kappa shape index (κ3) is 4.29. The smallest absolute Gasteiger partial charge is 0.406 e. The van der Waals surface area contributed by atoms with Crippen LogP contribution >= 0.6 is 0 Å². The fourth-order valence-corrected chi connectivity index (χ4v) is 4.32. The molecule has 34 heavy (non-hydrogen) atoms. The van der Waals surface area contributed by atoms with E-state index in [0.717, 1.165) is 29.0 Å². The second-order valence-corrected chi connectivity index (χ2v) is 7.95. The highest BCUT2D eigenvalue weighted by Gasteiger charge is 2.41. The van der Waals surface area contributed by atoms with Crippen molar-refractivity contribution in [2.75, 3.05) is 18.4 Å². The van der Waals surface area contributed by atoms with Crippen LogP contribution in [-0.4, -0.2) is 47.1 Å². The first-order valence-electron chi connectivity index (χ1n) is 10.4. The van der Waals surface area contributed by atoms with E-state index in [-0.39, 0.29) is 23.9 Å². The zero-order valence-electron chi connectivity index (χ0n) is 17.5. The number of aromatic amines is 1. The number of aliphatic imine (C=N–C) groups is 1. The topological polar surface area (TPSA) is 108 Å². The molecule has 0 saturated carbocycles. The molecule has 3 N–H and O–H groups in total. The standard InChI is InChI=1S/C23H18F3N5O3/c24-23(25,26)34-15-3-1-2-14(8-15)29-22(33)13-6-4-12(5-7-13)19-16-9-28-31-21(16)30-17-10-27-11-18(32)20(17)19/h1-9,19-20,27H,10-11H2,(H,28,31)(H,29,33). The number of rotatable bonds is 4. The molecule has 0 aliphatic carbocycles. The molecule has 0 radical (unpaired) electrons. The number of Topliss-reactive ketones (excluding diaryl/α,β-unsaturated/α-hetero) is 1. The maximum atomic E-state index is 12.7. The summed E-state index contributed by atoms with van der Waals surface area (Å²) in [6.45, 7) is 0.758. The number of piperidine rings is 1. The Kier molecular flexibility index (Phi) is 5.40. The SMILES string of the molecule is O=C(Nc1cccc(OC(F)(F)F)c1)c1ccc(C2c3cn[nH]c3N=C3CNCC(=O)C32)cc1. The summed E-state index contributed by atoms with van der Waals surface area (Å²) in [5.41, 5.74) is 2.84. The number of nitrogens with one attached hydrogen (secondary N) is 3. The Balaban J connectivity index is 1.37. The highest BCUT2D eigenvalue weighted by molar-refractivity contribution is 6.12. The molecule has 174 valence electrons. The Morgan fingerprint density at radius 3 is 2.65 bits per heavy atom. The molecule has 0 spiro atoms. The number of ether oxygens (including phenoxy) is 1. The van der Waals surface area contributed by atoms with Crippen molar-refractivity contribution in [3.05, 3.63) is 71.4 Å². The van der Waals surface area contributed by atoms with E-state index in [9.17, 15) is 22.8 Å². The van der Waals surface area contributed by atoms with E-state index >= 15 is 0 Å². The van der Waals surface area contributed by atoms with Crippen LogP contribution in [0.1, 0.15) is 27.4 Å². The molecule has 1 fully saturated rings. The van der Waals surface area contributed by atoms with Gasteiger partial charge in [0.05, 0.1) is 18.7 Å². The van der Waals surface area contributed by atoms with E-state index in [0.29, 0.717) is 17.9 Å². The summed E-state index contributed by atoms with van der Waals surface area (Å²) >= 11 is 0. The summed E-state index contributed by atoms with van der Waals surface area (Å²) in [4.78, 5) is 29.9. The zero-order valence-corrected chi connectivity index (χ0v) is 17.5. The van der Waals surface area contributed by atoms with Crippen molar-refractivity contribution >= 4 is 28.9 Å². The second-order valence-electron chi connectivity index (χ2n) is 7.95. The number of fused-ring (bicyclic) bond motifs is 2. The summed E-state index contributed by atoms with van der Waals surface area (Å²) in [6.07, 6.45) is -3.17. The number of carbonyl (C=O) groups is 2. The van der Waals surface area contributed by atoms with E-state index in [1.807, 2.05) is 0 Å².